The predicted octanol–water partition coefficient (Wildman–Crippen LogP) is 2.88. The van der Waals surface area contributed by atoms with Gasteiger partial charge in [0.25, 0.3) is 0 Å². The topological polar surface area (TPSA) is 70.1 Å². The second-order valence-electron chi connectivity index (χ2n) is 7.02. The number of cyclic esters (lactones) is 1. The molecule has 1 aromatic carbocycles. The van der Waals surface area contributed by atoms with E-state index in [2.05, 4.69) is 9.88 Å². The van der Waals surface area contributed by atoms with Crippen LogP contribution in [0.3, 0.4) is 0 Å². The smallest absolute Gasteiger partial charge is 0.340 e. The van der Waals surface area contributed by atoms with Gasteiger partial charge in [-0.05, 0) is 30.7 Å². The minimum absolute atomic E-state index is 0.0448. The number of anilines is 1. The fourth-order valence-corrected chi connectivity index (χ4v) is 3.71. The maximum atomic E-state index is 11.7. The Kier molecular flexibility index (Phi) is 3.26. The number of ether oxygens (including phenoxy) is 4. The average molecular weight is 386 g/mol. The quantitative estimate of drug-likeness (QED) is 0.751. The summed E-state index contributed by atoms with van der Waals surface area (Å²) >= 11 is 0. The molecule has 0 aliphatic carbocycles. The summed E-state index contributed by atoms with van der Waals surface area (Å²) in [6.07, 6.45) is 1.47. The first-order valence-electron chi connectivity index (χ1n) is 11.2. The van der Waals surface area contributed by atoms with E-state index in [-0.39, 0.29) is 30.2 Å². The number of benzene rings is 1. The predicted molar refractivity (Wildman–Crippen MR) is 101 cm³/mol. The molecule has 1 aromatic heterocycles. The molecule has 3 aliphatic heterocycles. The highest BCUT2D eigenvalue weighted by Gasteiger charge is 2.28. The van der Waals surface area contributed by atoms with Crippen LogP contribution in [0.15, 0.2) is 24.3 Å². The first kappa shape index (κ1) is 13.3. The maximum absolute atomic E-state index is 11.7. The van der Waals surface area contributed by atoms with E-state index < -0.39 is 13.1 Å². The van der Waals surface area contributed by atoms with Gasteiger partial charge in [-0.2, -0.15) is 0 Å². The number of fused-ring (bicyclic) bond motifs is 2. The van der Waals surface area contributed by atoms with Gasteiger partial charge in [0.05, 0.1) is 16.7 Å². The van der Waals surface area contributed by atoms with E-state index in [0.717, 1.165) is 37.3 Å². The highest BCUT2D eigenvalue weighted by atomic mass is 16.6. The molecule has 1 fully saturated rings. The van der Waals surface area contributed by atoms with Crippen molar-refractivity contribution in [1.82, 2.24) is 4.98 Å². The molecule has 0 atom stereocenters. The van der Waals surface area contributed by atoms with Gasteiger partial charge < -0.3 is 23.8 Å². The minimum Gasteiger partial charge on any atom is -0.490 e. The van der Waals surface area contributed by atoms with Crippen molar-refractivity contribution in [3.63, 3.8) is 0 Å². The van der Waals surface area contributed by atoms with Crippen LogP contribution in [0.1, 0.15) is 39.9 Å². The van der Waals surface area contributed by atoms with Gasteiger partial charge in [-0.25, -0.2) is 9.78 Å². The zero-order valence-corrected chi connectivity index (χ0v) is 15.4. The van der Waals surface area contributed by atoms with Crippen LogP contribution in [0.25, 0.3) is 0 Å². The summed E-state index contributed by atoms with van der Waals surface area (Å²) in [4.78, 5) is 18.6. The third-order valence-corrected chi connectivity index (χ3v) is 5.15. The average Bonchev–Trinajstić information content (AvgIpc) is 3.08. The second-order valence-corrected chi connectivity index (χ2v) is 7.02. The summed E-state index contributed by atoms with van der Waals surface area (Å²) in [5.74, 6) is 1.28. The summed E-state index contributed by atoms with van der Waals surface area (Å²) < 4.78 is 52.2. The van der Waals surface area contributed by atoms with Crippen LogP contribution in [0.4, 0.5) is 5.82 Å². The van der Waals surface area contributed by atoms with Crippen molar-refractivity contribution in [1.29, 1.82) is 0 Å². The van der Waals surface area contributed by atoms with Crippen LogP contribution in [0.2, 0.25) is 0 Å². The molecule has 2 aromatic rings. The lowest BCUT2D eigenvalue weighted by atomic mass is 10.1. The van der Waals surface area contributed by atoms with Gasteiger partial charge in [0, 0.05) is 32.0 Å². The summed E-state index contributed by atoms with van der Waals surface area (Å²) in [6.45, 7) is -1.57. The normalized spacial score (nSPS) is 24.3. The zero-order valence-electron chi connectivity index (χ0n) is 19.4. The Labute approximate surface area is 168 Å². The van der Waals surface area contributed by atoms with Crippen molar-refractivity contribution in [3.8, 4) is 17.2 Å². The summed E-state index contributed by atoms with van der Waals surface area (Å²) in [5.41, 5.74) is 2.15. The molecule has 5 rings (SSSR count). The molecule has 1 saturated heterocycles. The van der Waals surface area contributed by atoms with Gasteiger partial charge in [-0.3, -0.25) is 0 Å². The lowest BCUT2D eigenvalue weighted by molar-refractivity contribution is 0.0533. The van der Waals surface area contributed by atoms with Gasteiger partial charge in [0.15, 0.2) is 11.5 Å². The lowest BCUT2D eigenvalue weighted by Gasteiger charge is -2.34. The highest BCUT2D eigenvalue weighted by Crippen LogP contribution is 2.35. The van der Waals surface area contributed by atoms with Crippen LogP contribution < -0.4 is 19.1 Å². The molecule has 4 heterocycles. The standard InChI is InChI=1S/C21H22N2O5/c1-13-10-16-17(12-27-21(16)24)22-20(13)23-6-4-14(5-7-23)28-15-2-3-18-19(11-15)26-9-8-25-18/h2-3,10-11,14H,4-9,12H2,1H3/i8D2,9D2. The number of hydrogen-bond donors (Lipinski definition) is 0. The number of carbonyl (C=O) groups is 1. The molecule has 0 bridgehead atoms. The lowest BCUT2D eigenvalue weighted by Crippen LogP contribution is -2.39. The van der Waals surface area contributed by atoms with Gasteiger partial charge in [-0.15, -0.1) is 0 Å². The summed E-state index contributed by atoms with van der Waals surface area (Å²) in [6, 6.07) is 6.55. The van der Waals surface area contributed by atoms with Crippen molar-refractivity contribution < 1.29 is 29.2 Å². The molecule has 7 heteroatoms. The SMILES string of the molecule is [2H]C1([2H])Oc2ccc(OC3CCN(c4nc5c(cc4C)C(=O)OC5)CC3)cc2OC1([2H])[2H]. The van der Waals surface area contributed by atoms with Crippen molar-refractivity contribution in [2.24, 2.45) is 0 Å². The van der Waals surface area contributed by atoms with Crippen molar-refractivity contribution in [2.75, 3.05) is 31.1 Å². The summed E-state index contributed by atoms with van der Waals surface area (Å²) in [7, 11) is 0. The molecular weight excluding hydrogens is 360 g/mol. The van der Waals surface area contributed by atoms with E-state index in [0.29, 0.717) is 17.0 Å². The number of carbonyl (C=O) groups excluding carboxylic acids is 1. The first-order valence-corrected chi connectivity index (χ1v) is 9.24. The minimum atomic E-state index is -2.61. The molecule has 0 unspecified atom stereocenters. The van der Waals surface area contributed by atoms with Crippen LogP contribution in [0, 0.1) is 6.92 Å². The third kappa shape index (κ3) is 3.10. The Morgan fingerprint density at radius 1 is 1.14 bits per heavy atom. The van der Waals surface area contributed by atoms with Crippen molar-refractivity contribution in [2.45, 2.75) is 32.5 Å². The fourth-order valence-electron chi connectivity index (χ4n) is 3.71. The number of piperidine rings is 1. The molecule has 146 valence electrons. The van der Waals surface area contributed by atoms with Crippen molar-refractivity contribution in [3.05, 3.63) is 41.1 Å². The van der Waals surface area contributed by atoms with Crippen molar-refractivity contribution >= 4 is 11.8 Å². The number of rotatable bonds is 3. The van der Waals surface area contributed by atoms with Crippen LogP contribution in [-0.2, 0) is 11.3 Å². The Morgan fingerprint density at radius 3 is 2.75 bits per heavy atom. The van der Waals surface area contributed by atoms with Gasteiger partial charge in [0.1, 0.15) is 37.4 Å². The Morgan fingerprint density at radius 2 is 1.93 bits per heavy atom. The number of aromatic nitrogens is 1. The van der Waals surface area contributed by atoms with Crippen LogP contribution >= 0.6 is 0 Å². The van der Waals surface area contributed by atoms with Gasteiger partial charge >= 0.3 is 5.97 Å². The number of pyridine rings is 1. The fraction of sp³-hybridized carbons (Fsp3) is 0.429. The van der Waals surface area contributed by atoms with Crippen LogP contribution in [-0.4, -0.2) is 43.3 Å². The van der Waals surface area contributed by atoms with E-state index in [1.165, 1.54) is 12.1 Å². The molecule has 7 nitrogen and oxygen atoms in total. The molecule has 0 spiro atoms. The number of esters is 1. The van der Waals surface area contributed by atoms with E-state index in [4.69, 9.17) is 24.4 Å². The summed E-state index contributed by atoms with van der Waals surface area (Å²) in [5, 5.41) is 0. The molecule has 0 saturated carbocycles. The van der Waals surface area contributed by atoms with E-state index >= 15 is 0 Å². The maximum Gasteiger partial charge on any atom is 0.340 e. The zero-order chi connectivity index (χ0) is 22.7. The Hall–Kier alpha value is -2.96. The Bertz CT molecular complexity index is 1090. The monoisotopic (exact) mass is 386 g/mol. The second kappa shape index (κ2) is 6.89. The highest BCUT2D eigenvalue weighted by molar-refractivity contribution is 5.93. The first-order chi connectivity index (χ1) is 15.1. The van der Waals surface area contributed by atoms with Gasteiger partial charge in [-0.1, -0.05) is 0 Å². The third-order valence-electron chi connectivity index (χ3n) is 5.15. The molecule has 0 N–H and O–H groups in total. The van der Waals surface area contributed by atoms with E-state index in [1.54, 1.807) is 6.07 Å². The number of aryl methyl sites for hydroxylation is 1. The molecule has 0 radical (unpaired) electrons. The van der Waals surface area contributed by atoms with Crippen LogP contribution in [0.5, 0.6) is 17.2 Å². The molecule has 28 heavy (non-hydrogen) atoms. The number of hydrogen-bond acceptors (Lipinski definition) is 7. The molecule has 3 aliphatic rings. The molecular formula is C21H22N2O5. The van der Waals surface area contributed by atoms with Gasteiger partial charge in [0.2, 0.25) is 0 Å². The largest absolute Gasteiger partial charge is 0.490 e. The van der Waals surface area contributed by atoms with E-state index in [9.17, 15) is 4.79 Å². The molecule has 0 amide bonds. The van der Waals surface area contributed by atoms with E-state index in [1.807, 2.05) is 13.0 Å². The Balaban J connectivity index is 1.24. The number of nitrogens with zero attached hydrogens (tertiary/aromatic N) is 2.